The lowest BCUT2D eigenvalue weighted by molar-refractivity contribution is -0.120. The monoisotopic (exact) mass is 513 g/mol. The van der Waals surface area contributed by atoms with Crippen LogP contribution in [0.25, 0.3) is 0 Å². The average molecular weight is 515 g/mol. The third kappa shape index (κ3) is 4.80. The van der Waals surface area contributed by atoms with Crippen LogP contribution in [0.2, 0.25) is 10.0 Å². The lowest BCUT2D eigenvalue weighted by atomic mass is 10.1. The predicted octanol–water partition coefficient (Wildman–Crippen LogP) is 6.30. The molecule has 0 radical (unpaired) electrons. The molecular formula is C25H18Cl3N3O3. The van der Waals surface area contributed by atoms with Gasteiger partial charge in [-0.2, -0.15) is 0 Å². The SMILES string of the molecule is Cc1cc(C)cc(N2C(=O)C(Cl)=C(Nc3ccc(C(=O)Nc4ccc(Cl)c(Cl)c4)cc3)C2=O)c1. The molecule has 1 aliphatic heterocycles. The Balaban J connectivity index is 1.49. The van der Waals surface area contributed by atoms with Crippen LogP contribution in [-0.2, 0) is 9.59 Å². The molecular weight excluding hydrogens is 497 g/mol. The molecule has 0 spiro atoms. The first-order valence-corrected chi connectivity index (χ1v) is 11.3. The highest BCUT2D eigenvalue weighted by atomic mass is 35.5. The largest absolute Gasteiger partial charge is 0.350 e. The molecule has 0 saturated carbocycles. The summed E-state index contributed by atoms with van der Waals surface area (Å²) < 4.78 is 0. The van der Waals surface area contributed by atoms with Gasteiger partial charge in [-0.1, -0.05) is 40.9 Å². The molecule has 0 bridgehead atoms. The van der Waals surface area contributed by atoms with Gasteiger partial charge in [-0.25, -0.2) is 4.90 Å². The van der Waals surface area contributed by atoms with Gasteiger partial charge in [-0.15, -0.1) is 0 Å². The number of nitrogens with one attached hydrogen (secondary N) is 2. The zero-order valence-corrected chi connectivity index (χ0v) is 20.3. The Bertz CT molecular complexity index is 1350. The number of aryl methyl sites for hydroxylation is 2. The number of rotatable bonds is 5. The smallest absolute Gasteiger partial charge is 0.283 e. The van der Waals surface area contributed by atoms with Crippen LogP contribution < -0.4 is 15.5 Å². The maximum absolute atomic E-state index is 13.0. The standard InChI is InChI=1S/C25H18Cl3N3O3/c1-13-9-14(2)11-18(10-13)31-24(33)21(28)22(25(31)34)29-16-5-3-15(4-6-16)23(32)30-17-7-8-19(26)20(27)12-17/h3-12,29H,1-2H3,(H,30,32). The van der Waals surface area contributed by atoms with E-state index in [0.717, 1.165) is 16.0 Å². The van der Waals surface area contributed by atoms with Gasteiger partial charge in [0.15, 0.2) is 0 Å². The molecule has 1 aliphatic rings. The summed E-state index contributed by atoms with van der Waals surface area (Å²) in [5, 5.41) is 6.15. The number of benzene rings is 3. The molecule has 0 unspecified atom stereocenters. The number of halogens is 3. The van der Waals surface area contributed by atoms with E-state index >= 15 is 0 Å². The van der Waals surface area contributed by atoms with E-state index in [4.69, 9.17) is 34.8 Å². The van der Waals surface area contributed by atoms with Crippen LogP contribution in [0.5, 0.6) is 0 Å². The van der Waals surface area contributed by atoms with Gasteiger partial charge in [-0.05, 0) is 79.6 Å². The molecule has 3 amide bonds. The highest BCUT2D eigenvalue weighted by molar-refractivity contribution is 6.53. The molecule has 172 valence electrons. The molecule has 1 heterocycles. The lowest BCUT2D eigenvalue weighted by Gasteiger charge is -2.16. The van der Waals surface area contributed by atoms with Crippen LogP contribution in [-0.4, -0.2) is 17.7 Å². The molecule has 3 aromatic rings. The van der Waals surface area contributed by atoms with Crippen molar-refractivity contribution in [1.29, 1.82) is 0 Å². The molecule has 4 rings (SSSR count). The van der Waals surface area contributed by atoms with Crippen LogP contribution in [0.1, 0.15) is 21.5 Å². The van der Waals surface area contributed by atoms with E-state index in [1.165, 1.54) is 0 Å². The van der Waals surface area contributed by atoms with Gasteiger partial charge in [0.1, 0.15) is 10.7 Å². The maximum Gasteiger partial charge on any atom is 0.283 e. The number of hydrogen-bond acceptors (Lipinski definition) is 4. The third-order valence-corrected chi connectivity index (χ3v) is 6.18. The normalized spacial score (nSPS) is 13.5. The Morgan fingerprint density at radius 3 is 2.00 bits per heavy atom. The van der Waals surface area contributed by atoms with Gasteiger partial charge < -0.3 is 10.6 Å². The quantitative estimate of drug-likeness (QED) is 0.392. The average Bonchev–Trinajstić information content (AvgIpc) is 2.99. The van der Waals surface area contributed by atoms with Crippen molar-refractivity contribution < 1.29 is 14.4 Å². The van der Waals surface area contributed by atoms with E-state index in [0.29, 0.717) is 32.7 Å². The fraction of sp³-hybridized carbons (Fsp3) is 0.0800. The first-order valence-electron chi connectivity index (χ1n) is 10.1. The molecule has 6 nitrogen and oxygen atoms in total. The van der Waals surface area contributed by atoms with Gasteiger partial charge >= 0.3 is 0 Å². The Morgan fingerprint density at radius 1 is 0.765 bits per heavy atom. The molecule has 0 aliphatic carbocycles. The van der Waals surface area contributed by atoms with E-state index in [9.17, 15) is 14.4 Å². The number of hydrogen-bond donors (Lipinski definition) is 2. The summed E-state index contributed by atoms with van der Waals surface area (Å²) in [6.07, 6.45) is 0. The highest BCUT2D eigenvalue weighted by Gasteiger charge is 2.39. The van der Waals surface area contributed by atoms with Crippen molar-refractivity contribution in [2.75, 3.05) is 15.5 Å². The van der Waals surface area contributed by atoms with Gasteiger partial charge in [0, 0.05) is 16.9 Å². The van der Waals surface area contributed by atoms with Crippen molar-refractivity contribution >= 4 is 69.6 Å². The maximum atomic E-state index is 13.0. The summed E-state index contributed by atoms with van der Waals surface area (Å²) in [7, 11) is 0. The molecule has 2 N–H and O–H groups in total. The zero-order chi connectivity index (χ0) is 24.6. The fourth-order valence-corrected chi connectivity index (χ4v) is 4.06. The first kappa shape index (κ1) is 23.8. The molecule has 0 aromatic heterocycles. The van der Waals surface area contributed by atoms with Crippen LogP contribution in [0, 0.1) is 13.8 Å². The minimum atomic E-state index is -0.600. The van der Waals surface area contributed by atoms with Crippen molar-refractivity contribution in [1.82, 2.24) is 0 Å². The van der Waals surface area contributed by atoms with Crippen LogP contribution >= 0.6 is 34.8 Å². The van der Waals surface area contributed by atoms with Crippen LogP contribution in [0.4, 0.5) is 17.1 Å². The van der Waals surface area contributed by atoms with Crippen LogP contribution in [0.3, 0.4) is 0 Å². The highest BCUT2D eigenvalue weighted by Crippen LogP contribution is 2.31. The number of nitrogens with zero attached hydrogens (tertiary/aromatic N) is 1. The minimum Gasteiger partial charge on any atom is -0.350 e. The van der Waals surface area contributed by atoms with Gasteiger partial charge in [-0.3, -0.25) is 14.4 Å². The van der Waals surface area contributed by atoms with Crippen molar-refractivity contribution in [2.24, 2.45) is 0 Å². The number of amides is 3. The van der Waals surface area contributed by atoms with E-state index < -0.39 is 11.8 Å². The zero-order valence-electron chi connectivity index (χ0n) is 18.1. The summed E-state index contributed by atoms with van der Waals surface area (Å²) >= 11 is 18.1. The molecule has 0 saturated heterocycles. The summed E-state index contributed by atoms with van der Waals surface area (Å²) in [6, 6.07) is 16.6. The van der Waals surface area contributed by atoms with E-state index in [2.05, 4.69) is 10.6 Å². The summed E-state index contributed by atoms with van der Waals surface area (Å²) in [5.74, 6) is -1.51. The lowest BCUT2D eigenvalue weighted by Crippen LogP contribution is -2.32. The van der Waals surface area contributed by atoms with Crippen molar-refractivity contribution in [3.8, 4) is 0 Å². The van der Waals surface area contributed by atoms with Gasteiger partial charge in [0.2, 0.25) is 0 Å². The fourth-order valence-electron chi connectivity index (χ4n) is 3.55. The van der Waals surface area contributed by atoms with Crippen molar-refractivity contribution in [3.05, 3.63) is 98.1 Å². The molecule has 34 heavy (non-hydrogen) atoms. The molecule has 9 heteroatoms. The first-order chi connectivity index (χ1) is 16.1. The number of carbonyl (C=O) groups excluding carboxylic acids is 3. The summed E-state index contributed by atoms with van der Waals surface area (Å²) in [6.45, 7) is 3.77. The third-order valence-electron chi connectivity index (χ3n) is 5.09. The Hall–Kier alpha value is -3.32. The van der Waals surface area contributed by atoms with E-state index in [1.807, 2.05) is 19.9 Å². The van der Waals surface area contributed by atoms with Gasteiger partial charge in [0.25, 0.3) is 17.7 Å². The van der Waals surface area contributed by atoms with E-state index in [1.54, 1.807) is 54.6 Å². The minimum absolute atomic E-state index is 0.0289. The van der Waals surface area contributed by atoms with Crippen LogP contribution in [0.15, 0.2) is 71.4 Å². The van der Waals surface area contributed by atoms with Crippen molar-refractivity contribution in [2.45, 2.75) is 13.8 Å². The molecule has 0 fully saturated rings. The number of anilines is 3. The summed E-state index contributed by atoms with van der Waals surface area (Å²) in [4.78, 5) is 39.3. The van der Waals surface area contributed by atoms with Crippen molar-refractivity contribution in [3.63, 3.8) is 0 Å². The Kier molecular flexibility index (Phi) is 6.66. The second-order valence-corrected chi connectivity index (χ2v) is 8.96. The number of carbonyl (C=O) groups is 3. The second-order valence-electron chi connectivity index (χ2n) is 7.77. The molecule has 0 atom stereocenters. The van der Waals surface area contributed by atoms with E-state index in [-0.39, 0.29) is 16.6 Å². The Labute approximate surface area is 211 Å². The van der Waals surface area contributed by atoms with Gasteiger partial charge in [0.05, 0.1) is 15.7 Å². The second kappa shape index (κ2) is 9.50. The summed E-state index contributed by atoms with van der Waals surface area (Å²) in [5.41, 5.74) is 3.63. The topological polar surface area (TPSA) is 78.5 Å². The predicted molar refractivity (Wildman–Crippen MR) is 136 cm³/mol. The number of imide groups is 1. The molecule has 3 aromatic carbocycles. The Morgan fingerprint density at radius 2 is 1.38 bits per heavy atom.